The van der Waals surface area contributed by atoms with Crippen LogP contribution >= 0.6 is 12.6 Å². The summed E-state index contributed by atoms with van der Waals surface area (Å²) in [6.45, 7) is 6.26. The Kier molecular flexibility index (Phi) is 6.24. The zero-order valence-electron chi connectivity index (χ0n) is 12.6. The molecule has 1 aliphatic heterocycles. The van der Waals surface area contributed by atoms with E-state index < -0.39 is 0 Å². The monoisotopic (exact) mass is 293 g/mol. The number of benzene rings is 1. The van der Waals surface area contributed by atoms with Crippen LogP contribution in [0.2, 0.25) is 0 Å². The number of thiol groups is 1. The molecule has 1 saturated heterocycles. The Morgan fingerprint density at radius 2 is 1.90 bits per heavy atom. The summed E-state index contributed by atoms with van der Waals surface area (Å²) in [4.78, 5) is 2.55. The molecule has 20 heavy (non-hydrogen) atoms. The van der Waals surface area contributed by atoms with Gasteiger partial charge in [-0.05, 0) is 37.1 Å². The standard InChI is InChI=1S/C17H27NOS/c1-2-3-11-18(16-7-5-4-6-8-16)14-17(15-20)9-12-19-13-10-17/h4-8,20H,2-3,9-15H2,1H3. The molecule has 0 radical (unpaired) electrons. The highest BCUT2D eigenvalue weighted by atomic mass is 32.1. The normalized spacial score (nSPS) is 17.9. The van der Waals surface area contributed by atoms with Crippen molar-refractivity contribution < 1.29 is 4.74 Å². The number of ether oxygens (including phenoxy) is 1. The Bertz CT molecular complexity index is 376. The van der Waals surface area contributed by atoms with Crippen LogP contribution in [0.1, 0.15) is 32.6 Å². The van der Waals surface area contributed by atoms with E-state index >= 15 is 0 Å². The second-order valence-electron chi connectivity index (χ2n) is 5.88. The molecule has 1 aromatic rings. The van der Waals surface area contributed by atoms with Crippen LogP contribution in [-0.4, -0.2) is 32.1 Å². The number of rotatable bonds is 7. The summed E-state index contributed by atoms with van der Waals surface area (Å²) in [5, 5.41) is 0. The van der Waals surface area contributed by atoms with E-state index in [1.54, 1.807) is 0 Å². The van der Waals surface area contributed by atoms with Crippen molar-refractivity contribution in [2.45, 2.75) is 32.6 Å². The molecular formula is C17H27NOS. The third-order valence-electron chi connectivity index (χ3n) is 4.32. The van der Waals surface area contributed by atoms with Gasteiger partial charge in [-0.15, -0.1) is 0 Å². The van der Waals surface area contributed by atoms with Crippen molar-refractivity contribution in [2.75, 3.05) is 37.0 Å². The molecule has 2 nitrogen and oxygen atoms in total. The SMILES string of the molecule is CCCCN(CC1(CS)CCOCC1)c1ccccc1. The van der Waals surface area contributed by atoms with Crippen LogP contribution in [0.25, 0.3) is 0 Å². The Balaban J connectivity index is 2.10. The van der Waals surface area contributed by atoms with Gasteiger partial charge in [-0.3, -0.25) is 0 Å². The topological polar surface area (TPSA) is 12.5 Å². The van der Waals surface area contributed by atoms with Gasteiger partial charge < -0.3 is 9.64 Å². The molecule has 112 valence electrons. The lowest BCUT2D eigenvalue weighted by Gasteiger charge is -2.41. The molecule has 0 aromatic heterocycles. The van der Waals surface area contributed by atoms with E-state index in [-0.39, 0.29) is 0 Å². The highest BCUT2D eigenvalue weighted by molar-refractivity contribution is 7.80. The summed E-state index contributed by atoms with van der Waals surface area (Å²) in [5.74, 6) is 0.950. The highest BCUT2D eigenvalue weighted by Crippen LogP contribution is 2.34. The van der Waals surface area contributed by atoms with Gasteiger partial charge in [0.25, 0.3) is 0 Å². The van der Waals surface area contributed by atoms with E-state index in [1.165, 1.54) is 18.5 Å². The molecule has 0 saturated carbocycles. The van der Waals surface area contributed by atoms with Crippen LogP contribution in [0.4, 0.5) is 5.69 Å². The predicted molar refractivity (Wildman–Crippen MR) is 89.9 cm³/mol. The maximum Gasteiger partial charge on any atom is 0.0472 e. The minimum absolute atomic E-state index is 0.310. The average molecular weight is 293 g/mol. The predicted octanol–water partition coefficient (Wildman–Crippen LogP) is 4.02. The maximum atomic E-state index is 5.54. The van der Waals surface area contributed by atoms with Gasteiger partial charge in [0.1, 0.15) is 0 Å². The van der Waals surface area contributed by atoms with Gasteiger partial charge in [0, 0.05) is 37.4 Å². The first-order valence-corrected chi connectivity index (χ1v) is 8.41. The Morgan fingerprint density at radius 3 is 2.50 bits per heavy atom. The molecule has 1 aliphatic rings. The Labute approximate surface area is 128 Å². The zero-order chi connectivity index (χ0) is 14.3. The molecule has 0 amide bonds. The summed E-state index contributed by atoms with van der Waals surface area (Å²) in [5.41, 5.74) is 1.65. The van der Waals surface area contributed by atoms with Gasteiger partial charge in [-0.25, -0.2) is 0 Å². The van der Waals surface area contributed by atoms with Gasteiger partial charge in [0.05, 0.1) is 0 Å². The third kappa shape index (κ3) is 4.16. The van der Waals surface area contributed by atoms with Gasteiger partial charge >= 0.3 is 0 Å². The first-order chi connectivity index (χ1) is 9.79. The number of unbranched alkanes of at least 4 members (excludes halogenated alkanes) is 1. The first kappa shape index (κ1) is 15.7. The molecule has 0 bridgehead atoms. The van der Waals surface area contributed by atoms with Gasteiger partial charge in [-0.2, -0.15) is 12.6 Å². The summed E-state index contributed by atoms with van der Waals surface area (Å²) in [6, 6.07) is 10.8. The van der Waals surface area contributed by atoms with Crippen LogP contribution in [-0.2, 0) is 4.74 Å². The van der Waals surface area contributed by atoms with Crippen molar-refractivity contribution in [3.63, 3.8) is 0 Å². The Morgan fingerprint density at radius 1 is 1.20 bits per heavy atom. The zero-order valence-corrected chi connectivity index (χ0v) is 13.4. The third-order valence-corrected chi connectivity index (χ3v) is 4.99. The van der Waals surface area contributed by atoms with E-state index in [4.69, 9.17) is 4.74 Å². The number of para-hydroxylation sites is 1. The molecule has 0 unspecified atom stereocenters. The largest absolute Gasteiger partial charge is 0.381 e. The molecule has 0 spiro atoms. The summed E-state index contributed by atoms with van der Waals surface area (Å²) < 4.78 is 5.54. The van der Waals surface area contributed by atoms with Crippen molar-refractivity contribution in [3.8, 4) is 0 Å². The summed E-state index contributed by atoms with van der Waals surface area (Å²) in [7, 11) is 0. The number of hydrogen-bond acceptors (Lipinski definition) is 3. The van der Waals surface area contributed by atoms with Gasteiger partial charge in [0.2, 0.25) is 0 Å². The van der Waals surface area contributed by atoms with Crippen LogP contribution in [0.3, 0.4) is 0 Å². The summed E-state index contributed by atoms with van der Waals surface area (Å²) >= 11 is 4.65. The fourth-order valence-corrected chi connectivity index (χ4v) is 3.28. The molecular weight excluding hydrogens is 266 g/mol. The van der Waals surface area contributed by atoms with E-state index in [0.29, 0.717) is 5.41 Å². The van der Waals surface area contributed by atoms with Crippen molar-refractivity contribution in [2.24, 2.45) is 5.41 Å². The summed E-state index contributed by atoms with van der Waals surface area (Å²) in [6.07, 6.45) is 4.74. The minimum Gasteiger partial charge on any atom is -0.381 e. The number of hydrogen-bond donors (Lipinski definition) is 1. The second kappa shape index (κ2) is 7.94. The fraction of sp³-hybridized carbons (Fsp3) is 0.647. The highest BCUT2D eigenvalue weighted by Gasteiger charge is 2.33. The van der Waals surface area contributed by atoms with Crippen molar-refractivity contribution in [1.29, 1.82) is 0 Å². The minimum atomic E-state index is 0.310. The van der Waals surface area contributed by atoms with Gasteiger partial charge in [-0.1, -0.05) is 31.5 Å². The number of nitrogens with zero attached hydrogens (tertiary/aromatic N) is 1. The van der Waals surface area contributed by atoms with Gasteiger partial charge in [0.15, 0.2) is 0 Å². The quantitative estimate of drug-likeness (QED) is 0.762. The molecule has 3 heteroatoms. The van der Waals surface area contributed by atoms with Crippen molar-refractivity contribution in [1.82, 2.24) is 0 Å². The van der Waals surface area contributed by atoms with Crippen LogP contribution in [0, 0.1) is 5.41 Å². The molecule has 1 aromatic carbocycles. The molecule has 1 fully saturated rings. The van der Waals surface area contributed by atoms with Crippen molar-refractivity contribution in [3.05, 3.63) is 30.3 Å². The van der Waals surface area contributed by atoms with E-state index in [2.05, 4.69) is 54.8 Å². The van der Waals surface area contributed by atoms with E-state index in [1.807, 2.05) is 0 Å². The second-order valence-corrected chi connectivity index (χ2v) is 6.20. The Hall–Kier alpha value is -0.670. The van der Waals surface area contributed by atoms with Crippen LogP contribution < -0.4 is 4.90 Å². The lowest BCUT2D eigenvalue weighted by atomic mass is 9.81. The molecule has 0 aliphatic carbocycles. The van der Waals surface area contributed by atoms with Crippen LogP contribution in [0.5, 0.6) is 0 Å². The fourth-order valence-electron chi connectivity index (χ4n) is 2.86. The lowest BCUT2D eigenvalue weighted by Crippen LogP contribution is -2.43. The first-order valence-electron chi connectivity index (χ1n) is 7.78. The van der Waals surface area contributed by atoms with Crippen LogP contribution in [0.15, 0.2) is 30.3 Å². The maximum absolute atomic E-state index is 5.54. The van der Waals surface area contributed by atoms with E-state index in [0.717, 1.165) is 44.9 Å². The van der Waals surface area contributed by atoms with Crippen molar-refractivity contribution >= 4 is 18.3 Å². The number of anilines is 1. The average Bonchev–Trinajstić information content (AvgIpc) is 2.53. The smallest absolute Gasteiger partial charge is 0.0472 e. The molecule has 0 atom stereocenters. The molecule has 0 N–H and O–H groups in total. The lowest BCUT2D eigenvalue weighted by molar-refractivity contribution is 0.0296. The molecule has 1 heterocycles. The van der Waals surface area contributed by atoms with E-state index in [9.17, 15) is 0 Å². The molecule has 2 rings (SSSR count).